The van der Waals surface area contributed by atoms with E-state index in [0.717, 1.165) is 22.3 Å². The van der Waals surface area contributed by atoms with Crippen LogP contribution in [0.25, 0.3) is 10.2 Å². The number of hydrogen-bond acceptors (Lipinski definition) is 4. The van der Waals surface area contributed by atoms with E-state index in [0.29, 0.717) is 21.9 Å². The molecular formula is C15H19N3OS. The molecule has 0 saturated heterocycles. The molecule has 1 atom stereocenters. The van der Waals surface area contributed by atoms with E-state index < -0.39 is 0 Å². The van der Waals surface area contributed by atoms with Crippen LogP contribution >= 0.6 is 11.3 Å². The van der Waals surface area contributed by atoms with Gasteiger partial charge < -0.3 is 11.1 Å². The summed E-state index contributed by atoms with van der Waals surface area (Å²) in [5.41, 5.74) is 8.12. The van der Waals surface area contributed by atoms with Crippen LogP contribution in [0.3, 0.4) is 0 Å². The summed E-state index contributed by atoms with van der Waals surface area (Å²) in [5, 5.41) is 3.91. The van der Waals surface area contributed by atoms with Crippen LogP contribution in [0.15, 0.2) is 12.3 Å². The molecule has 1 aliphatic rings. The average molecular weight is 289 g/mol. The van der Waals surface area contributed by atoms with Gasteiger partial charge in [-0.05, 0) is 36.3 Å². The van der Waals surface area contributed by atoms with Gasteiger partial charge in [0.25, 0.3) is 5.91 Å². The number of aryl methyl sites for hydroxylation is 1. The molecule has 0 aliphatic heterocycles. The number of carbonyl (C=O) groups excluding carboxylic acids is 1. The Hall–Kier alpha value is -1.62. The quantitative estimate of drug-likeness (QED) is 0.912. The van der Waals surface area contributed by atoms with Gasteiger partial charge >= 0.3 is 0 Å². The van der Waals surface area contributed by atoms with Crippen molar-refractivity contribution < 1.29 is 4.79 Å². The van der Waals surface area contributed by atoms with E-state index >= 15 is 0 Å². The highest BCUT2D eigenvalue weighted by atomic mass is 32.1. The smallest absolute Gasteiger partial charge is 0.263 e. The van der Waals surface area contributed by atoms with E-state index in [9.17, 15) is 4.79 Å². The summed E-state index contributed by atoms with van der Waals surface area (Å²) in [4.78, 5) is 18.0. The predicted octanol–water partition coefficient (Wildman–Crippen LogP) is 2.96. The summed E-state index contributed by atoms with van der Waals surface area (Å²) < 4.78 is 0. The van der Waals surface area contributed by atoms with Gasteiger partial charge in [0, 0.05) is 18.1 Å². The third kappa shape index (κ3) is 2.16. The van der Waals surface area contributed by atoms with Crippen LogP contribution in [0.5, 0.6) is 0 Å². The average Bonchev–Trinajstić information content (AvgIpc) is 2.84. The van der Waals surface area contributed by atoms with Gasteiger partial charge in [-0.3, -0.25) is 4.79 Å². The summed E-state index contributed by atoms with van der Waals surface area (Å²) in [6.45, 7) is 7.17. The van der Waals surface area contributed by atoms with Crippen molar-refractivity contribution in [2.24, 2.45) is 11.3 Å². The number of nitrogen functional groups attached to an aromatic ring is 1. The largest absolute Gasteiger partial charge is 0.397 e. The maximum Gasteiger partial charge on any atom is 0.263 e. The SMILES string of the molecule is Cc1ccnc2sc(C(=O)NCC3CC3(C)C)c(N)c12. The van der Waals surface area contributed by atoms with Crippen molar-refractivity contribution in [2.75, 3.05) is 12.3 Å². The summed E-state index contributed by atoms with van der Waals surface area (Å²) in [6.07, 6.45) is 2.93. The van der Waals surface area contributed by atoms with E-state index in [1.807, 2.05) is 13.0 Å². The molecule has 3 N–H and O–H groups in total. The number of rotatable bonds is 3. The minimum Gasteiger partial charge on any atom is -0.397 e. The lowest BCUT2D eigenvalue weighted by Crippen LogP contribution is -2.26. The number of amides is 1. The first-order valence-corrected chi connectivity index (χ1v) is 7.63. The fourth-order valence-electron chi connectivity index (χ4n) is 2.59. The maximum atomic E-state index is 12.3. The van der Waals surface area contributed by atoms with Crippen molar-refractivity contribution in [1.82, 2.24) is 10.3 Å². The fraction of sp³-hybridized carbons (Fsp3) is 0.467. The zero-order valence-electron chi connectivity index (χ0n) is 12.0. The Labute approximate surface area is 122 Å². The van der Waals surface area contributed by atoms with Crippen molar-refractivity contribution in [2.45, 2.75) is 27.2 Å². The number of hydrogen-bond donors (Lipinski definition) is 2. The zero-order valence-corrected chi connectivity index (χ0v) is 12.8. The number of pyridine rings is 1. The Balaban J connectivity index is 1.81. The molecule has 0 aromatic carbocycles. The van der Waals surface area contributed by atoms with Gasteiger partial charge in [-0.1, -0.05) is 13.8 Å². The van der Waals surface area contributed by atoms with Gasteiger partial charge in [-0.25, -0.2) is 4.98 Å². The van der Waals surface area contributed by atoms with E-state index in [1.54, 1.807) is 6.20 Å². The second kappa shape index (κ2) is 4.45. The monoisotopic (exact) mass is 289 g/mol. The van der Waals surface area contributed by atoms with E-state index in [1.165, 1.54) is 17.8 Å². The summed E-state index contributed by atoms with van der Waals surface area (Å²) in [7, 11) is 0. The second-order valence-corrected chi connectivity index (χ2v) is 7.25. The van der Waals surface area contributed by atoms with Crippen LogP contribution < -0.4 is 11.1 Å². The molecule has 1 unspecified atom stereocenters. The van der Waals surface area contributed by atoms with Crippen molar-refractivity contribution in [1.29, 1.82) is 0 Å². The van der Waals surface area contributed by atoms with Gasteiger partial charge in [0.15, 0.2) is 0 Å². The first-order chi connectivity index (χ1) is 9.40. The minimum atomic E-state index is -0.0763. The molecule has 1 amide bonds. The van der Waals surface area contributed by atoms with E-state index in [4.69, 9.17) is 5.73 Å². The molecular weight excluding hydrogens is 270 g/mol. The van der Waals surface area contributed by atoms with Crippen molar-refractivity contribution >= 4 is 33.1 Å². The molecule has 0 radical (unpaired) electrons. The molecule has 2 heterocycles. The second-order valence-electron chi connectivity index (χ2n) is 6.25. The standard InChI is InChI=1S/C15H19N3OS/c1-8-4-5-17-14-10(8)11(16)12(20-14)13(19)18-7-9-6-15(9,2)3/h4-5,9H,6-7,16H2,1-3H3,(H,18,19). The normalized spacial score (nSPS) is 20.1. The molecule has 2 aromatic rings. The molecule has 3 rings (SSSR count). The lowest BCUT2D eigenvalue weighted by Gasteiger charge is -2.06. The maximum absolute atomic E-state index is 12.3. The summed E-state index contributed by atoms with van der Waals surface area (Å²) in [5.74, 6) is 0.509. The highest BCUT2D eigenvalue weighted by molar-refractivity contribution is 7.21. The van der Waals surface area contributed by atoms with E-state index in [2.05, 4.69) is 24.1 Å². The topological polar surface area (TPSA) is 68.0 Å². The van der Waals surface area contributed by atoms with Crippen LogP contribution in [-0.2, 0) is 0 Å². The van der Waals surface area contributed by atoms with Crippen LogP contribution in [0.1, 0.15) is 35.5 Å². The molecule has 106 valence electrons. The third-order valence-corrected chi connectivity index (χ3v) is 5.38. The van der Waals surface area contributed by atoms with Gasteiger partial charge in [0.05, 0.1) is 5.69 Å². The Kier molecular flexibility index (Phi) is 2.97. The molecule has 0 spiro atoms. The molecule has 5 heteroatoms. The highest BCUT2D eigenvalue weighted by Crippen LogP contribution is 2.51. The van der Waals surface area contributed by atoms with E-state index in [-0.39, 0.29) is 5.91 Å². The molecule has 1 saturated carbocycles. The van der Waals surface area contributed by atoms with Crippen LogP contribution in [0.4, 0.5) is 5.69 Å². The summed E-state index contributed by atoms with van der Waals surface area (Å²) in [6, 6.07) is 1.92. The number of carbonyl (C=O) groups is 1. The van der Waals surface area contributed by atoms with Crippen molar-refractivity contribution in [3.8, 4) is 0 Å². The number of thiophene rings is 1. The Morgan fingerprint density at radius 2 is 2.30 bits per heavy atom. The molecule has 2 aromatic heterocycles. The fourth-order valence-corrected chi connectivity index (χ4v) is 3.65. The summed E-state index contributed by atoms with van der Waals surface area (Å²) >= 11 is 1.37. The predicted molar refractivity (Wildman–Crippen MR) is 83.0 cm³/mol. The third-order valence-electron chi connectivity index (χ3n) is 4.27. The van der Waals surface area contributed by atoms with Gasteiger partial charge in [-0.2, -0.15) is 0 Å². The Bertz CT molecular complexity index is 690. The van der Waals surface area contributed by atoms with Crippen LogP contribution in [0, 0.1) is 18.3 Å². The molecule has 1 aliphatic carbocycles. The van der Waals surface area contributed by atoms with Crippen LogP contribution in [-0.4, -0.2) is 17.4 Å². The number of anilines is 1. The molecule has 1 fully saturated rings. The Morgan fingerprint density at radius 3 is 2.90 bits per heavy atom. The zero-order chi connectivity index (χ0) is 14.5. The van der Waals surface area contributed by atoms with Gasteiger partial charge in [0.1, 0.15) is 9.71 Å². The number of fused-ring (bicyclic) bond motifs is 1. The lowest BCUT2D eigenvalue weighted by molar-refractivity contribution is 0.0955. The number of nitrogens with zero attached hydrogens (tertiary/aromatic N) is 1. The van der Waals surface area contributed by atoms with Crippen molar-refractivity contribution in [3.05, 3.63) is 22.7 Å². The number of nitrogens with two attached hydrogens (primary N) is 1. The van der Waals surface area contributed by atoms with Crippen LogP contribution in [0.2, 0.25) is 0 Å². The highest BCUT2D eigenvalue weighted by Gasteiger charge is 2.45. The first-order valence-electron chi connectivity index (χ1n) is 6.82. The number of nitrogens with one attached hydrogen (secondary N) is 1. The minimum absolute atomic E-state index is 0.0763. The first kappa shape index (κ1) is 13.4. The lowest BCUT2D eigenvalue weighted by atomic mass is 10.1. The molecule has 20 heavy (non-hydrogen) atoms. The van der Waals surface area contributed by atoms with Gasteiger partial charge in [-0.15, -0.1) is 11.3 Å². The van der Waals surface area contributed by atoms with Crippen molar-refractivity contribution in [3.63, 3.8) is 0 Å². The Morgan fingerprint density at radius 1 is 1.60 bits per heavy atom. The number of aromatic nitrogens is 1. The van der Waals surface area contributed by atoms with Gasteiger partial charge in [0.2, 0.25) is 0 Å². The molecule has 4 nitrogen and oxygen atoms in total. The molecule has 0 bridgehead atoms.